The maximum Gasteiger partial charge on any atom is 0.187 e. The number of aliphatic imine (C=N–C) groups is 1. The number of carbonyl (C=O) groups excluding carboxylic acids is 1. The maximum absolute atomic E-state index is 12.0. The van der Waals surface area contributed by atoms with Gasteiger partial charge < -0.3 is 10.4 Å². The molecule has 1 atom stereocenters. The Balaban J connectivity index is 2.86. The number of rotatable bonds is 3. The normalized spacial score (nSPS) is 20.7. The Bertz CT molecular complexity index is 412. The lowest BCUT2D eigenvalue weighted by molar-refractivity contribution is -0.115. The number of nitrogens with zero attached hydrogens (tertiary/aromatic N) is 1. The standard InChI is InChI=1S/C14H22N2O2/c1-9(2)10-6-11(16-8-15-10)12(17)7-13(18)14(3,4)5/h6-9,11,18H,1-5H3,(H,15,16)/b13-7-. The summed E-state index contributed by atoms with van der Waals surface area (Å²) in [7, 11) is 0. The van der Waals surface area contributed by atoms with E-state index in [-0.39, 0.29) is 11.5 Å². The van der Waals surface area contributed by atoms with Gasteiger partial charge >= 0.3 is 0 Å². The van der Waals surface area contributed by atoms with E-state index in [4.69, 9.17) is 0 Å². The van der Waals surface area contributed by atoms with Crippen molar-refractivity contribution < 1.29 is 9.90 Å². The third-order valence-electron chi connectivity index (χ3n) is 2.76. The summed E-state index contributed by atoms with van der Waals surface area (Å²) in [6.07, 6.45) is 4.63. The van der Waals surface area contributed by atoms with Crippen LogP contribution in [-0.2, 0) is 4.79 Å². The topological polar surface area (TPSA) is 61.7 Å². The number of ketones is 1. The van der Waals surface area contributed by atoms with Gasteiger partial charge in [-0.05, 0) is 12.0 Å². The highest BCUT2D eigenvalue weighted by Crippen LogP contribution is 2.23. The molecule has 1 rings (SSSR count). The molecule has 0 spiro atoms. The first-order valence-corrected chi connectivity index (χ1v) is 6.16. The number of nitrogens with one attached hydrogen (secondary N) is 1. The molecule has 0 saturated carbocycles. The van der Waals surface area contributed by atoms with Gasteiger partial charge in [-0.2, -0.15) is 0 Å². The molecule has 0 bridgehead atoms. The van der Waals surface area contributed by atoms with Crippen LogP contribution in [0.5, 0.6) is 0 Å². The van der Waals surface area contributed by atoms with Crippen molar-refractivity contribution in [3.8, 4) is 0 Å². The number of hydrogen-bond donors (Lipinski definition) is 2. The minimum absolute atomic E-state index is 0.0840. The van der Waals surface area contributed by atoms with Gasteiger partial charge in [0.15, 0.2) is 5.78 Å². The van der Waals surface area contributed by atoms with Crippen molar-refractivity contribution in [1.82, 2.24) is 5.32 Å². The summed E-state index contributed by atoms with van der Waals surface area (Å²) < 4.78 is 0. The molecule has 0 aliphatic carbocycles. The van der Waals surface area contributed by atoms with Gasteiger partial charge in [-0.1, -0.05) is 34.6 Å². The summed E-state index contributed by atoms with van der Waals surface area (Å²) in [4.78, 5) is 16.1. The molecule has 0 aromatic rings. The second kappa shape index (κ2) is 5.38. The molecule has 4 heteroatoms. The third-order valence-corrected chi connectivity index (χ3v) is 2.76. The molecule has 18 heavy (non-hydrogen) atoms. The minimum Gasteiger partial charge on any atom is -0.512 e. The maximum atomic E-state index is 12.0. The zero-order chi connectivity index (χ0) is 13.9. The molecular formula is C14H22N2O2. The lowest BCUT2D eigenvalue weighted by Gasteiger charge is -2.20. The van der Waals surface area contributed by atoms with Gasteiger partial charge in [-0.25, -0.2) is 0 Å². The fourth-order valence-electron chi connectivity index (χ4n) is 1.40. The monoisotopic (exact) mass is 250 g/mol. The number of allylic oxidation sites excluding steroid dienone is 2. The molecule has 100 valence electrons. The molecular weight excluding hydrogens is 228 g/mol. The first-order valence-electron chi connectivity index (χ1n) is 6.16. The van der Waals surface area contributed by atoms with Crippen LogP contribution in [0.1, 0.15) is 34.6 Å². The molecule has 0 fully saturated rings. The highest BCUT2D eigenvalue weighted by molar-refractivity contribution is 5.97. The van der Waals surface area contributed by atoms with E-state index >= 15 is 0 Å². The summed E-state index contributed by atoms with van der Waals surface area (Å²) in [5.41, 5.74) is 0.559. The van der Waals surface area contributed by atoms with Crippen LogP contribution in [0.2, 0.25) is 0 Å². The first kappa shape index (κ1) is 14.5. The van der Waals surface area contributed by atoms with Gasteiger partial charge in [0.2, 0.25) is 0 Å². The molecule has 1 heterocycles. The average molecular weight is 250 g/mol. The van der Waals surface area contributed by atoms with Crippen molar-refractivity contribution in [3.05, 3.63) is 23.6 Å². The fourth-order valence-corrected chi connectivity index (χ4v) is 1.40. The van der Waals surface area contributed by atoms with Gasteiger partial charge in [-0.15, -0.1) is 0 Å². The van der Waals surface area contributed by atoms with Crippen molar-refractivity contribution in [2.24, 2.45) is 16.3 Å². The van der Waals surface area contributed by atoms with Crippen LogP contribution in [0, 0.1) is 11.3 Å². The van der Waals surface area contributed by atoms with Crippen molar-refractivity contribution in [1.29, 1.82) is 0 Å². The average Bonchev–Trinajstić information content (AvgIpc) is 2.27. The first-order chi connectivity index (χ1) is 8.21. The van der Waals surface area contributed by atoms with E-state index in [1.807, 2.05) is 34.6 Å². The predicted octanol–water partition coefficient (Wildman–Crippen LogP) is 2.58. The van der Waals surface area contributed by atoms with Crippen LogP contribution in [0.25, 0.3) is 0 Å². The molecule has 0 amide bonds. The van der Waals surface area contributed by atoms with Gasteiger partial charge in [0.25, 0.3) is 0 Å². The Labute approximate surface area is 108 Å². The number of carbonyl (C=O) groups is 1. The molecule has 2 N–H and O–H groups in total. The quantitative estimate of drug-likeness (QED) is 0.598. The Kier molecular flexibility index (Phi) is 4.33. The number of aliphatic hydroxyl groups is 1. The predicted molar refractivity (Wildman–Crippen MR) is 73.5 cm³/mol. The van der Waals surface area contributed by atoms with E-state index in [2.05, 4.69) is 10.3 Å². The van der Waals surface area contributed by atoms with Crippen LogP contribution in [0.15, 0.2) is 28.6 Å². The Hall–Kier alpha value is -1.58. The molecule has 0 saturated heterocycles. The molecule has 1 aliphatic rings. The second-order valence-corrected chi connectivity index (χ2v) is 5.83. The van der Waals surface area contributed by atoms with E-state index in [0.717, 1.165) is 5.70 Å². The summed E-state index contributed by atoms with van der Waals surface area (Å²) in [6.45, 7) is 9.65. The van der Waals surface area contributed by atoms with Crippen molar-refractivity contribution in [2.75, 3.05) is 0 Å². The van der Waals surface area contributed by atoms with Gasteiger partial charge in [0, 0.05) is 17.2 Å². The zero-order valence-electron chi connectivity index (χ0n) is 11.7. The molecule has 4 nitrogen and oxygen atoms in total. The van der Waals surface area contributed by atoms with Crippen LogP contribution < -0.4 is 5.32 Å². The van der Waals surface area contributed by atoms with Crippen LogP contribution in [0.4, 0.5) is 0 Å². The summed E-state index contributed by atoms with van der Waals surface area (Å²) >= 11 is 0. The van der Waals surface area contributed by atoms with E-state index in [0.29, 0.717) is 5.92 Å². The fraction of sp³-hybridized carbons (Fsp3) is 0.571. The Morgan fingerprint density at radius 2 is 2.11 bits per heavy atom. The smallest absolute Gasteiger partial charge is 0.187 e. The van der Waals surface area contributed by atoms with E-state index < -0.39 is 11.5 Å². The molecule has 0 radical (unpaired) electrons. The molecule has 0 aromatic carbocycles. The number of hydrogen-bond acceptors (Lipinski definition) is 4. The Morgan fingerprint density at radius 1 is 1.50 bits per heavy atom. The van der Waals surface area contributed by atoms with Crippen molar-refractivity contribution in [2.45, 2.75) is 40.7 Å². The highest BCUT2D eigenvalue weighted by Gasteiger charge is 2.22. The summed E-state index contributed by atoms with van der Waals surface area (Å²) in [5, 5.41) is 12.8. The lowest BCUT2D eigenvalue weighted by atomic mass is 9.92. The van der Waals surface area contributed by atoms with Crippen LogP contribution >= 0.6 is 0 Å². The Morgan fingerprint density at radius 3 is 2.61 bits per heavy atom. The summed E-state index contributed by atoms with van der Waals surface area (Å²) in [6, 6.07) is -0.534. The van der Waals surface area contributed by atoms with E-state index in [1.165, 1.54) is 6.08 Å². The van der Waals surface area contributed by atoms with E-state index in [1.54, 1.807) is 12.4 Å². The van der Waals surface area contributed by atoms with Gasteiger partial charge in [0.05, 0.1) is 6.34 Å². The molecule has 1 unspecified atom stereocenters. The number of aliphatic hydroxyl groups excluding tert-OH is 1. The largest absolute Gasteiger partial charge is 0.512 e. The molecule has 1 aliphatic heterocycles. The van der Waals surface area contributed by atoms with Gasteiger partial charge in [0.1, 0.15) is 11.8 Å². The lowest BCUT2D eigenvalue weighted by Crippen LogP contribution is -2.27. The minimum atomic E-state index is -0.534. The highest BCUT2D eigenvalue weighted by atomic mass is 16.3. The van der Waals surface area contributed by atoms with Crippen molar-refractivity contribution in [3.63, 3.8) is 0 Å². The van der Waals surface area contributed by atoms with Crippen LogP contribution in [-0.4, -0.2) is 23.3 Å². The SMILES string of the molecule is CC(C)C1=CC(C(=O)/C=C(\O)C(C)(C)C)N=CN1. The van der Waals surface area contributed by atoms with Crippen LogP contribution in [0.3, 0.4) is 0 Å². The second-order valence-electron chi connectivity index (χ2n) is 5.83. The zero-order valence-corrected chi connectivity index (χ0v) is 11.7. The third kappa shape index (κ3) is 3.72. The van der Waals surface area contributed by atoms with Gasteiger partial charge in [-0.3, -0.25) is 9.79 Å². The molecule has 0 aromatic heterocycles. The van der Waals surface area contributed by atoms with Crippen molar-refractivity contribution >= 4 is 12.1 Å². The summed E-state index contributed by atoms with van der Waals surface area (Å²) in [5.74, 6) is 0.200. The van der Waals surface area contributed by atoms with E-state index in [9.17, 15) is 9.90 Å².